The summed E-state index contributed by atoms with van der Waals surface area (Å²) in [4.78, 5) is 23.8. The quantitative estimate of drug-likeness (QED) is 0.151. The Kier molecular flexibility index (Phi) is 9.52. The van der Waals surface area contributed by atoms with E-state index in [-0.39, 0.29) is 12.2 Å². The smallest absolute Gasteiger partial charge is 0.170 e. The lowest BCUT2D eigenvalue weighted by molar-refractivity contribution is 0.0769. The highest BCUT2D eigenvalue weighted by atomic mass is 16.6. The van der Waals surface area contributed by atoms with Crippen molar-refractivity contribution in [1.29, 1.82) is 0 Å². The number of allylic oxidation sites excluding steroid dienone is 2. The minimum atomic E-state index is -0.269. The van der Waals surface area contributed by atoms with E-state index in [4.69, 9.17) is 24.4 Å². The van der Waals surface area contributed by atoms with Gasteiger partial charge >= 0.3 is 0 Å². The summed E-state index contributed by atoms with van der Waals surface area (Å²) in [5, 5.41) is 0. The average molecular weight is 800 g/mol. The van der Waals surface area contributed by atoms with E-state index in [1.807, 2.05) is 73.1 Å². The Morgan fingerprint density at radius 3 is 1.19 bits per heavy atom. The van der Waals surface area contributed by atoms with Gasteiger partial charge in [0.1, 0.15) is 0 Å². The Morgan fingerprint density at radius 2 is 0.710 bits per heavy atom. The number of hydrogen-bond acceptors (Lipinski definition) is 7. The summed E-state index contributed by atoms with van der Waals surface area (Å²) in [6.07, 6.45) is 14.9. The summed E-state index contributed by atoms with van der Waals surface area (Å²) in [7, 11) is 0. The molecule has 0 radical (unpaired) electrons. The number of fused-ring (bicyclic) bond motifs is 2. The summed E-state index contributed by atoms with van der Waals surface area (Å²) in [6, 6.07) is 56.0. The molecule has 0 amide bonds. The van der Waals surface area contributed by atoms with Crippen LogP contribution in [-0.4, -0.2) is 37.1 Å². The second kappa shape index (κ2) is 16.0. The molecule has 2 atom stereocenters. The maximum Gasteiger partial charge on any atom is 0.170 e. The summed E-state index contributed by atoms with van der Waals surface area (Å²) in [6.45, 7) is 0. The van der Waals surface area contributed by atoms with Crippen LogP contribution in [0.3, 0.4) is 0 Å². The molecular formula is C55H37N5O2. The average Bonchev–Trinajstić information content (AvgIpc) is 3.36. The number of ether oxygens (including phenoxy) is 2. The minimum absolute atomic E-state index is 0.268. The molecule has 7 heteroatoms. The fourth-order valence-corrected chi connectivity index (χ4v) is 8.08. The number of rotatable bonds is 8. The van der Waals surface area contributed by atoms with Gasteiger partial charge in [-0.2, -0.15) is 0 Å². The maximum atomic E-state index is 6.90. The van der Waals surface area contributed by atoms with Gasteiger partial charge in [0, 0.05) is 63.7 Å². The van der Waals surface area contributed by atoms with Crippen molar-refractivity contribution in [3.05, 3.63) is 213 Å². The van der Waals surface area contributed by atoms with Crippen molar-refractivity contribution < 1.29 is 9.47 Å². The Hall–Kier alpha value is -8.29. The minimum Gasteiger partial charge on any atom is -0.478 e. The first-order valence-electron chi connectivity index (χ1n) is 20.6. The van der Waals surface area contributed by atoms with Crippen LogP contribution < -0.4 is 9.47 Å². The molecule has 1 aliphatic carbocycles. The molecule has 7 nitrogen and oxygen atoms in total. The zero-order chi connectivity index (χ0) is 41.2. The number of hydrogen-bond donors (Lipinski definition) is 0. The number of pyridine rings is 2. The fraction of sp³-hybridized carbons (Fsp3) is 0.0364. The maximum absolute atomic E-state index is 6.90. The molecular weight excluding hydrogens is 763 g/mol. The van der Waals surface area contributed by atoms with Crippen molar-refractivity contribution >= 4 is 0 Å². The molecule has 3 aromatic heterocycles. The van der Waals surface area contributed by atoms with Gasteiger partial charge in [-0.05, 0) is 88.0 Å². The van der Waals surface area contributed by atoms with Crippen molar-refractivity contribution in [1.82, 2.24) is 24.9 Å². The molecule has 294 valence electrons. The highest BCUT2D eigenvalue weighted by molar-refractivity contribution is 5.88. The van der Waals surface area contributed by atoms with E-state index in [1.165, 1.54) is 0 Å². The molecule has 0 saturated heterocycles. The molecule has 11 rings (SSSR count). The molecule has 0 fully saturated rings. The molecule has 2 aliphatic rings. The first-order valence-corrected chi connectivity index (χ1v) is 20.6. The van der Waals surface area contributed by atoms with E-state index in [0.717, 1.165) is 72.3 Å². The fourth-order valence-electron chi connectivity index (χ4n) is 8.08. The first kappa shape index (κ1) is 36.8. The van der Waals surface area contributed by atoms with Crippen LogP contribution >= 0.6 is 0 Å². The van der Waals surface area contributed by atoms with Crippen LogP contribution in [0.4, 0.5) is 0 Å². The molecule has 0 N–H and O–H groups in total. The summed E-state index contributed by atoms with van der Waals surface area (Å²) < 4.78 is 13.8. The SMILES string of the molecule is C1=CC2Oc3c(-c4ccc(-c5nc(-c6ccccc6)nc(-c6ccc(-c7ccccc7)cc6)n5)cc4)ccc(-c4cc(-c5cccnc5)cc(-c5cccnc5)c4)c3OC2C=C1. The molecule has 6 aromatic carbocycles. The van der Waals surface area contributed by atoms with E-state index in [9.17, 15) is 0 Å². The summed E-state index contributed by atoms with van der Waals surface area (Å²) >= 11 is 0. The van der Waals surface area contributed by atoms with Crippen LogP contribution in [0.5, 0.6) is 11.5 Å². The van der Waals surface area contributed by atoms with Gasteiger partial charge in [0.25, 0.3) is 0 Å². The van der Waals surface area contributed by atoms with Gasteiger partial charge in [0.15, 0.2) is 41.2 Å². The van der Waals surface area contributed by atoms with Crippen LogP contribution in [0.2, 0.25) is 0 Å². The van der Waals surface area contributed by atoms with E-state index in [2.05, 4.69) is 137 Å². The standard InChI is InChI=1S/C55H37N5O2/c1-3-11-36(12-4-1)37-19-23-40(24-20-37)54-58-53(39-13-5-2-6-14-39)59-55(60-54)41-25-21-38(22-26-41)47-27-28-48(52-51(47)61-49-17-7-8-18-50(49)62-52)46-32-44(42-15-9-29-56-34-42)31-45(33-46)43-16-10-30-57-35-43/h1-35,49-50H. The third-order valence-corrected chi connectivity index (χ3v) is 11.3. The molecule has 0 bridgehead atoms. The van der Waals surface area contributed by atoms with E-state index in [0.29, 0.717) is 29.0 Å². The highest BCUT2D eigenvalue weighted by Gasteiger charge is 2.33. The molecule has 1 aliphatic heterocycles. The Labute approximate surface area is 359 Å². The van der Waals surface area contributed by atoms with Gasteiger partial charge in [-0.1, -0.05) is 133 Å². The normalized spacial score (nSPS) is 14.9. The predicted molar refractivity (Wildman–Crippen MR) is 246 cm³/mol. The number of benzene rings is 6. The highest BCUT2D eigenvalue weighted by Crippen LogP contribution is 2.50. The van der Waals surface area contributed by atoms with Crippen LogP contribution in [0.15, 0.2) is 213 Å². The lowest BCUT2D eigenvalue weighted by Gasteiger charge is -2.34. The Morgan fingerprint density at radius 1 is 0.323 bits per heavy atom. The van der Waals surface area contributed by atoms with Crippen molar-refractivity contribution in [2.24, 2.45) is 0 Å². The monoisotopic (exact) mass is 799 g/mol. The van der Waals surface area contributed by atoms with E-state index < -0.39 is 0 Å². The van der Waals surface area contributed by atoms with Crippen LogP contribution in [-0.2, 0) is 0 Å². The zero-order valence-corrected chi connectivity index (χ0v) is 33.4. The van der Waals surface area contributed by atoms with Crippen LogP contribution in [0.1, 0.15) is 0 Å². The third kappa shape index (κ3) is 7.22. The van der Waals surface area contributed by atoms with Gasteiger partial charge in [0.05, 0.1) is 0 Å². The van der Waals surface area contributed by atoms with Crippen LogP contribution in [0.25, 0.3) is 89.8 Å². The second-order valence-corrected chi connectivity index (χ2v) is 15.2. The molecule has 62 heavy (non-hydrogen) atoms. The zero-order valence-electron chi connectivity index (χ0n) is 33.4. The lowest BCUT2D eigenvalue weighted by Crippen LogP contribution is -2.38. The molecule has 0 spiro atoms. The second-order valence-electron chi connectivity index (χ2n) is 15.2. The van der Waals surface area contributed by atoms with E-state index >= 15 is 0 Å². The Bertz CT molecular complexity index is 3040. The molecule has 4 heterocycles. The van der Waals surface area contributed by atoms with Gasteiger partial charge in [-0.3, -0.25) is 9.97 Å². The van der Waals surface area contributed by atoms with Crippen molar-refractivity contribution in [3.8, 4) is 101 Å². The van der Waals surface area contributed by atoms with Crippen molar-refractivity contribution in [3.63, 3.8) is 0 Å². The predicted octanol–water partition coefficient (Wildman–Crippen LogP) is 12.6. The topological polar surface area (TPSA) is 82.9 Å². The van der Waals surface area contributed by atoms with Gasteiger partial charge in [0.2, 0.25) is 0 Å². The lowest BCUT2D eigenvalue weighted by atomic mass is 9.91. The summed E-state index contributed by atoms with van der Waals surface area (Å²) in [5.74, 6) is 3.20. The van der Waals surface area contributed by atoms with Gasteiger partial charge in [-0.15, -0.1) is 0 Å². The first-order chi connectivity index (χ1) is 30.7. The van der Waals surface area contributed by atoms with Gasteiger partial charge in [-0.25, -0.2) is 15.0 Å². The Balaban J connectivity index is 0.994. The molecule has 2 unspecified atom stereocenters. The van der Waals surface area contributed by atoms with Crippen LogP contribution in [0, 0.1) is 0 Å². The largest absolute Gasteiger partial charge is 0.478 e. The van der Waals surface area contributed by atoms with Gasteiger partial charge < -0.3 is 9.47 Å². The third-order valence-electron chi connectivity index (χ3n) is 11.3. The number of nitrogens with zero attached hydrogens (tertiary/aromatic N) is 5. The van der Waals surface area contributed by atoms with E-state index in [1.54, 1.807) is 12.4 Å². The van der Waals surface area contributed by atoms with Crippen molar-refractivity contribution in [2.45, 2.75) is 12.2 Å². The summed E-state index contributed by atoms with van der Waals surface area (Å²) in [5.41, 5.74) is 12.9. The molecule has 9 aromatic rings. The van der Waals surface area contributed by atoms with Crippen molar-refractivity contribution in [2.75, 3.05) is 0 Å². The number of aromatic nitrogens is 5. The molecule has 0 saturated carbocycles.